The van der Waals surface area contributed by atoms with Gasteiger partial charge in [0.05, 0.1) is 12.7 Å². The Balaban J connectivity index is 2.48. The van der Waals surface area contributed by atoms with Gasteiger partial charge in [-0.2, -0.15) is 26.3 Å². The molecule has 22 heavy (non-hydrogen) atoms. The number of nitrogens with zero attached hydrogens (tertiary/aromatic N) is 1. The van der Waals surface area contributed by atoms with Crippen LogP contribution in [0.15, 0.2) is 36.4 Å². The second-order valence-corrected chi connectivity index (χ2v) is 4.36. The number of pyridine rings is 1. The quantitative estimate of drug-likeness (QED) is 0.742. The number of rotatable bonds is 2. The summed E-state index contributed by atoms with van der Waals surface area (Å²) in [5.41, 5.74) is -1.80. The standard InChI is InChI=1S/C14H9F6NO/c1-22-12-7-9(6-11(21-12)14(18,19)20)8-2-4-10(5-3-8)13(15,16)17/h2-7H,1H3. The number of aromatic nitrogens is 1. The van der Waals surface area contributed by atoms with Crippen LogP contribution in [0, 0.1) is 0 Å². The number of ether oxygens (including phenoxy) is 1. The van der Waals surface area contributed by atoms with E-state index in [2.05, 4.69) is 4.98 Å². The van der Waals surface area contributed by atoms with Gasteiger partial charge in [-0.25, -0.2) is 4.98 Å². The van der Waals surface area contributed by atoms with Gasteiger partial charge in [0, 0.05) is 6.07 Å². The minimum Gasteiger partial charge on any atom is -0.481 e. The summed E-state index contributed by atoms with van der Waals surface area (Å²) in [4.78, 5) is 3.28. The van der Waals surface area contributed by atoms with E-state index in [4.69, 9.17) is 4.74 Å². The van der Waals surface area contributed by atoms with Crippen molar-refractivity contribution in [2.24, 2.45) is 0 Å². The van der Waals surface area contributed by atoms with Gasteiger partial charge in [0.25, 0.3) is 0 Å². The summed E-state index contributed by atoms with van der Waals surface area (Å²) in [6.07, 6.45) is -9.19. The lowest BCUT2D eigenvalue weighted by Gasteiger charge is -2.11. The third-order valence-corrected chi connectivity index (χ3v) is 2.85. The molecular weight excluding hydrogens is 312 g/mol. The summed E-state index contributed by atoms with van der Waals surface area (Å²) in [7, 11) is 1.15. The molecule has 0 amide bonds. The zero-order chi connectivity index (χ0) is 16.5. The minimum absolute atomic E-state index is 0.0629. The molecule has 0 saturated carbocycles. The molecule has 0 spiro atoms. The Hall–Kier alpha value is -2.25. The Kier molecular flexibility index (Phi) is 4.04. The van der Waals surface area contributed by atoms with E-state index in [1.165, 1.54) is 6.07 Å². The summed E-state index contributed by atoms with van der Waals surface area (Å²) >= 11 is 0. The van der Waals surface area contributed by atoms with Crippen LogP contribution in [0.3, 0.4) is 0 Å². The fourth-order valence-electron chi connectivity index (χ4n) is 1.77. The predicted octanol–water partition coefficient (Wildman–Crippen LogP) is 4.79. The van der Waals surface area contributed by atoms with Crippen molar-refractivity contribution in [1.29, 1.82) is 0 Å². The predicted molar refractivity (Wildman–Crippen MR) is 66.2 cm³/mol. The Morgan fingerprint density at radius 3 is 1.86 bits per heavy atom. The lowest BCUT2D eigenvalue weighted by atomic mass is 10.0. The van der Waals surface area contributed by atoms with Gasteiger partial charge in [-0.3, -0.25) is 0 Å². The number of alkyl halides is 6. The van der Waals surface area contributed by atoms with E-state index in [0.717, 1.165) is 37.4 Å². The second-order valence-electron chi connectivity index (χ2n) is 4.36. The largest absolute Gasteiger partial charge is 0.481 e. The van der Waals surface area contributed by atoms with Crippen molar-refractivity contribution in [2.45, 2.75) is 12.4 Å². The summed E-state index contributed by atoms with van der Waals surface area (Å²) in [6, 6.07) is 5.77. The van der Waals surface area contributed by atoms with Crippen LogP contribution >= 0.6 is 0 Å². The van der Waals surface area contributed by atoms with E-state index in [9.17, 15) is 26.3 Å². The second kappa shape index (κ2) is 5.51. The molecule has 118 valence electrons. The molecular formula is C14H9F6NO. The molecule has 0 radical (unpaired) electrons. The van der Waals surface area contributed by atoms with Crippen molar-refractivity contribution < 1.29 is 31.1 Å². The lowest BCUT2D eigenvalue weighted by Crippen LogP contribution is -2.09. The van der Waals surface area contributed by atoms with E-state index < -0.39 is 23.6 Å². The highest BCUT2D eigenvalue weighted by molar-refractivity contribution is 5.65. The van der Waals surface area contributed by atoms with Crippen LogP contribution in [-0.2, 0) is 12.4 Å². The van der Waals surface area contributed by atoms with Crippen molar-refractivity contribution in [3.8, 4) is 17.0 Å². The average molecular weight is 321 g/mol. The molecule has 0 unspecified atom stereocenters. The molecule has 0 saturated heterocycles. The molecule has 1 heterocycles. The molecule has 2 rings (SSSR count). The third-order valence-electron chi connectivity index (χ3n) is 2.85. The highest BCUT2D eigenvalue weighted by atomic mass is 19.4. The van der Waals surface area contributed by atoms with Crippen molar-refractivity contribution >= 4 is 0 Å². The van der Waals surface area contributed by atoms with Gasteiger partial charge >= 0.3 is 12.4 Å². The number of hydrogen-bond donors (Lipinski definition) is 0. The first-order chi connectivity index (χ1) is 10.1. The third kappa shape index (κ3) is 3.49. The first kappa shape index (κ1) is 16.1. The van der Waals surface area contributed by atoms with E-state index in [0.29, 0.717) is 0 Å². The first-order valence-electron chi connectivity index (χ1n) is 5.92. The molecule has 2 aromatic rings. The smallest absolute Gasteiger partial charge is 0.433 e. The highest BCUT2D eigenvalue weighted by Gasteiger charge is 2.34. The maximum atomic E-state index is 12.8. The van der Waals surface area contributed by atoms with Crippen molar-refractivity contribution in [3.05, 3.63) is 47.7 Å². The maximum absolute atomic E-state index is 12.8. The molecule has 0 aliphatic heterocycles. The molecule has 0 atom stereocenters. The Bertz CT molecular complexity index is 661. The summed E-state index contributed by atoms with van der Waals surface area (Å²) < 4.78 is 80.4. The Labute approximate surface area is 121 Å². The SMILES string of the molecule is COc1cc(-c2ccc(C(F)(F)F)cc2)cc(C(F)(F)F)n1. The van der Waals surface area contributed by atoms with E-state index in [-0.39, 0.29) is 17.0 Å². The van der Waals surface area contributed by atoms with Crippen LogP contribution in [0.2, 0.25) is 0 Å². The summed E-state index contributed by atoms with van der Waals surface area (Å²) in [5, 5.41) is 0. The van der Waals surface area contributed by atoms with Gasteiger partial charge in [-0.1, -0.05) is 12.1 Å². The summed E-state index contributed by atoms with van der Waals surface area (Å²) in [5.74, 6) is -0.273. The van der Waals surface area contributed by atoms with Crippen LogP contribution in [0.4, 0.5) is 26.3 Å². The molecule has 0 bridgehead atoms. The molecule has 0 aliphatic rings. The highest BCUT2D eigenvalue weighted by Crippen LogP contribution is 2.34. The van der Waals surface area contributed by atoms with Crippen molar-refractivity contribution in [2.75, 3.05) is 7.11 Å². The van der Waals surface area contributed by atoms with Crippen LogP contribution in [0.1, 0.15) is 11.3 Å². The topological polar surface area (TPSA) is 22.1 Å². The van der Waals surface area contributed by atoms with E-state index >= 15 is 0 Å². The molecule has 0 fully saturated rings. The molecule has 0 aliphatic carbocycles. The first-order valence-corrected chi connectivity index (χ1v) is 5.92. The zero-order valence-electron chi connectivity index (χ0n) is 11.1. The van der Waals surface area contributed by atoms with Gasteiger partial charge in [-0.15, -0.1) is 0 Å². The molecule has 1 aromatic carbocycles. The van der Waals surface area contributed by atoms with Crippen LogP contribution in [-0.4, -0.2) is 12.1 Å². The fraction of sp³-hybridized carbons (Fsp3) is 0.214. The van der Waals surface area contributed by atoms with Gasteiger partial charge in [0.2, 0.25) is 5.88 Å². The van der Waals surface area contributed by atoms with Gasteiger partial charge in [0.1, 0.15) is 5.69 Å². The van der Waals surface area contributed by atoms with Gasteiger partial charge in [0.15, 0.2) is 0 Å². The number of methoxy groups -OCH3 is 1. The lowest BCUT2D eigenvalue weighted by molar-refractivity contribution is -0.141. The van der Waals surface area contributed by atoms with Crippen LogP contribution < -0.4 is 4.74 Å². The molecule has 1 aromatic heterocycles. The number of benzene rings is 1. The fourth-order valence-corrected chi connectivity index (χ4v) is 1.77. The minimum atomic E-state index is -4.69. The average Bonchev–Trinajstić information content (AvgIpc) is 2.45. The Morgan fingerprint density at radius 2 is 1.41 bits per heavy atom. The van der Waals surface area contributed by atoms with Gasteiger partial charge in [-0.05, 0) is 29.3 Å². The normalized spacial score (nSPS) is 12.3. The van der Waals surface area contributed by atoms with E-state index in [1.807, 2.05) is 0 Å². The van der Waals surface area contributed by atoms with Crippen LogP contribution in [0.25, 0.3) is 11.1 Å². The molecule has 2 nitrogen and oxygen atoms in total. The van der Waals surface area contributed by atoms with E-state index in [1.54, 1.807) is 0 Å². The maximum Gasteiger partial charge on any atom is 0.433 e. The summed E-state index contributed by atoms with van der Waals surface area (Å²) in [6.45, 7) is 0. The monoisotopic (exact) mass is 321 g/mol. The Morgan fingerprint density at radius 1 is 0.818 bits per heavy atom. The van der Waals surface area contributed by atoms with Crippen molar-refractivity contribution in [3.63, 3.8) is 0 Å². The zero-order valence-corrected chi connectivity index (χ0v) is 11.1. The number of halogens is 6. The molecule has 8 heteroatoms. The van der Waals surface area contributed by atoms with Gasteiger partial charge < -0.3 is 4.74 Å². The molecule has 0 N–H and O–H groups in total. The van der Waals surface area contributed by atoms with Crippen molar-refractivity contribution in [1.82, 2.24) is 4.98 Å². The number of hydrogen-bond acceptors (Lipinski definition) is 2. The van der Waals surface area contributed by atoms with Crippen LogP contribution in [0.5, 0.6) is 5.88 Å².